The summed E-state index contributed by atoms with van der Waals surface area (Å²) >= 11 is 0. The van der Waals surface area contributed by atoms with E-state index in [4.69, 9.17) is 14.2 Å². The lowest BCUT2D eigenvalue weighted by molar-refractivity contribution is -0.167. The van der Waals surface area contributed by atoms with E-state index in [9.17, 15) is 14.4 Å². The van der Waals surface area contributed by atoms with Gasteiger partial charge >= 0.3 is 17.9 Å². The zero-order valence-electron chi connectivity index (χ0n) is 54.9. The molecule has 6 nitrogen and oxygen atoms in total. The molecule has 0 spiro atoms. The van der Waals surface area contributed by atoms with Crippen LogP contribution in [-0.2, 0) is 28.6 Å². The van der Waals surface area contributed by atoms with Gasteiger partial charge in [0.2, 0.25) is 0 Å². The Hall–Kier alpha value is -3.67. The fourth-order valence-corrected chi connectivity index (χ4v) is 10.2. The second-order valence-corrected chi connectivity index (χ2v) is 23.8. The molecule has 6 heteroatoms. The number of carbonyl (C=O) groups is 3. The van der Waals surface area contributed by atoms with Gasteiger partial charge in [-0.2, -0.15) is 0 Å². The lowest BCUT2D eigenvalue weighted by Crippen LogP contribution is -2.30. The van der Waals surface area contributed by atoms with Crippen LogP contribution in [-0.4, -0.2) is 37.2 Å². The van der Waals surface area contributed by atoms with Gasteiger partial charge in [-0.1, -0.05) is 311 Å². The first-order chi connectivity index (χ1) is 41.0. The maximum absolute atomic E-state index is 13.0. The monoisotopic (exact) mass is 1160 g/mol. The van der Waals surface area contributed by atoms with Crippen molar-refractivity contribution >= 4 is 17.9 Å². The lowest BCUT2D eigenvalue weighted by atomic mass is 10.0. The van der Waals surface area contributed by atoms with Crippen molar-refractivity contribution in [2.75, 3.05) is 13.2 Å². The first-order valence-electron chi connectivity index (χ1n) is 35.7. The summed E-state index contributed by atoms with van der Waals surface area (Å²) in [5, 5.41) is 0. The van der Waals surface area contributed by atoms with Crippen LogP contribution in [0, 0.1) is 0 Å². The van der Waals surface area contributed by atoms with Crippen LogP contribution in [0.5, 0.6) is 0 Å². The number of allylic oxidation sites excluding steroid dienone is 16. The lowest BCUT2D eigenvalue weighted by Gasteiger charge is -2.18. The highest BCUT2D eigenvalue weighted by Crippen LogP contribution is 2.17. The van der Waals surface area contributed by atoms with Crippen LogP contribution in [0.2, 0.25) is 0 Å². The number of carbonyl (C=O) groups excluding carboxylic acids is 3. The molecule has 0 bridgehead atoms. The maximum atomic E-state index is 13.0. The first kappa shape index (κ1) is 79.3. The summed E-state index contributed by atoms with van der Waals surface area (Å²) in [5.41, 5.74) is 0. The van der Waals surface area contributed by atoms with Crippen LogP contribution < -0.4 is 0 Å². The zero-order valence-corrected chi connectivity index (χ0v) is 54.9. The molecular weight excluding hydrogens is 1020 g/mol. The fourth-order valence-electron chi connectivity index (χ4n) is 10.2. The number of hydrogen-bond acceptors (Lipinski definition) is 6. The van der Waals surface area contributed by atoms with Crippen molar-refractivity contribution in [1.82, 2.24) is 0 Å². The molecule has 0 aliphatic rings. The predicted octanol–water partition coefficient (Wildman–Crippen LogP) is 24.8. The summed E-state index contributed by atoms with van der Waals surface area (Å²) in [6.07, 6.45) is 95.7. The second kappa shape index (κ2) is 70.8. The van der Waals surface area contributed by atoms with Gasteiger partial charge in [0.1, 0.15) is 13.2 Å². The van der Waals surface area contributed by atoms with Crippen molar-refractivity contribution < 1.29 is 28.6 Å². The third-order valence-electron chi connectivity index (χ3n) is 15.5. The fraction of sp³-hybridized carbons (Fsp3) is 0.753. The molecule has 0 aromatic rings. The minimum Gasteiger partial charge on any atom is -0.462 e. The van der Waals surface area contributed by atoms with E-state index in [-0.39, 0.29) is 31.1 Å². The van der Waals surface area contributed by atoms with Crippen molar-refractivity contribution in [3.63, 3.8) is 0 Å². The molecule has 0 aromatic heterocycles. The molecule has 0 aromatic carbocycles. The second-order valence-electron chi connectivity index (χ2n) is 23.8. The molecule has 0 radical (unpaired) electrons. The van der Waals surface area contributed by atoms with Crippen molar-refractivity contribution in [3.8, 4) is 0 Å². The van der Waals surface area contributed by atoms with E-state index in [1.165, 1.54) is 205 Å². The molecule has 0 aliphatic carbocycles. The number of rotatable bonds is 65. The van der Waals surface area contributed by atoms with Gasteiger partial charge in [0.15, 0.2) is 6.10 Å². The van der Waals surface area contributed by atoms with Gasteiger partial charge in [-0.15, -0.1) is 0 Å². The SMILES string of the molecule is CC/C=C\C/C=C\C/C=C\C/C=C\CCCCCCC(=O)OCC(COC(=O)CCCCCCCCCCCC/C=C\C/C=C\C/C=C\CCCCCCC)OC(=O)CCCCCCCCCCCCC/C=C\CCCCCCCCCC. The standard InChI is InChI=1S/C77H134O6/c1-4-7-10-13-16-19-22-25-28-31-33-35-37-38-40-41-43-46-49-52-55-58-61-64-67-70-76(79)82-73-74(72-81-75(78)69-66-63-60-57-54-51-48-45-30-27-24-21-18-15-12-9-6-3)83-77(80)71-68-65-62-59-56-53-50-47-44-42-39-36-34-32-29-26-23-20-17-14-11-8-5-2/h9,12,18,21-22,25,27,30-34,37-38,48,51,74H,4-8,10-11,13-17,19-20,23-24,26,28-29,35-36,39-47,49-50,52-73H2,1-3H3/b12-9-,21-18-,25-22-,30-27-,33-31-,34-32-,38-37-,51-48-. The molecule has 0 N–H and O–H groups in total. The van der Waals surface area contributed by atoms with E-state index in [1.807, 2.05) is 0 Å². The average Bonchev–Trinajstić information content (AvgIpc) is 3.49. The van der Waals surface area contributed by atoms with Crippen LogP contribution >= 0.6 is 0 Å². The molecular formula is C77H134O6. The zero-order chi connectivity index (χ0) is 59.9. The van der Waals surface area contributed by atoms with E-state index in [0.717, 1.165) is 109 Å². The van der Waals surface area contributed by atoms with Gasteiger partial charge in [0, 0.05) is 19.3 Å². The molecule has 0 amide bonds. The van der Waals surface area contributed by atoms with Crippen LogP contribution in [0.15, 0.2) is 97.2 Å². The highest BCUT2D eigenvalue weighted by molar-refractivity contribution is 5.71. The van der Waals surface area contributed by atoms with Gasteiger partial charge in [-0.3, -0.25) is 14.4 Å². The maximum Gasteiger partial charge on any atom is 0.306 e. The van der Waals surface area contributed by atoms with Crippen LogP contribution in [0.1, 0.15) is 355 Å². The Morgan fingerprint density at radius 2 is 0.470 bits per heavy atom. The topological polar surface area (TPSA) is 78.9 Å². The van der Waals surface area contributed by atoms with Crippen molar-refractivity contribution in [2.24, 2.45) is 0 Å². The number of hydrogen-bond donors (Lipinski definition) is 0. The molecule has 0 fully saturated rings. The minimum absolute atomic E-state index is 0.0866. The summed E-state index contributed by atoms with van der Waals surface area (Å²) in [6.45, 7) is 6.54. The van der Waals surface area contributed by atoms with Crippen molar-refractivity contribution in [3.05, 3.63) is 97.2 Å². The number of ether oxygens (including phenoxy) is 3. The van der Waals surface area contributed by atoms with Gasteiger partial charge in [0.25, 0.3) is 0 Å². The highest BCUT2D eigenvalue weighted by atomic mass is 16.6. The Labute approximate surface area is 515 Å². The van der Waals surface area contributed by atoms with Crippen LogP contribution in [0.4, 0.5) is 0 Å². The molecule has 0 rings (SSSR count). The minimum atomic E-state index is -0.793. The van der Waals surface area contributed by atoms with Crippen LogP contribution in [0.3, 0.4) is 0 Å². The molecule has 0 saturated heterocycles. The largest absolute Gasteiger partial charge is 0.462 e. The molecule has 0 saturated carbocycles. The third kappa shape index (κ3) is 69.0. The van der Waals surface area contributed by atoms with E-state index >= 15 is 0 Å². The van der Waals surface area contributed by atoms with E-state index in [2.05, 4.69) is 118 Å². The van der Waals surface area contributed by atoms with Crippen molar-refractivity contribution in [2.45, 2.75) is 361 Å². The van der Waals surface area contributed by atoms with Crippen molar-refractivity contribution in [1.29, 1.82) is 0 Å². The summed E-state index contributed by atoms with van der Waals surface area (Å²) in [6, 6.07) is 0. The Morgan fingerprint density at radius 3 is 0.747 bits per heavy atom. The first-order valence-corrected chi connectivity index (χ1v) is 35.7. The smallest absolute Gasteiger partial charge is 0.306 e. The van der Waals surface area contributed by atoms with E-state index < -0.39 is 6.10 Å². The van der Waals surface area contributed by atoms with Gasteiger partial charge in [-0.05, 0) is 122 Å². The molecule has 1 atom stereocenters. The summed E-state index contributed by atoms with van der Waals surface area (Å²) < 4.78 is 17.0. The molecule has 0 heterocycles. The summed E-state index contributed by atoms with van der Waals surface area (Å²) in [4.78, 5) is 38.5. The quantitative estimate of drug-likeness (QED) is 0.0261. The molecule has 1 unspecified atom stereocenters. The van der Waals surface area contributed by atoms with Gasteiger partial charge < -0.3 is 14.2 Å². The van der Waals surface area contributed by atoms with E-state index in [1.54, 1.807) is 0 Å². The Bertz CT molecular complexity index is 1610. The summed E-state index contributed by atoms with van der Waals surface area (Å²) in [7, 11) is 0. The molecule has 478 valence electrons. The molecule has 83 heavy (non-hydrogen) atoms. The Balaban J connectivity index is 4.37. The normalized spacial score (nSPS) is 12.7. The predicted molar refractivity (Wildman–Crippen MR) is 362 cm³/mol. The Kier molecular flexibility index (Phi) is 67.7. The average molecular weight is 1160 g/mol. The highest BCUT2D eigenvalue weighted by Gasteiger charge is 2.19. The molecule has 0 aliphatic heterocycles. The third-order valence-corrected chi connectivity index (χ3v) is 15.5. The van der Waals surface area contributed by atoms with Gasteiger partial charge in [0.05, 0.1) is 0 Å². The summed E-state index contributed by atoms with van der Waals surface area (Å²) in [5.74, 6) is -0.900. The number of esters is 3. The van der Waals surface area contributed by atoms with Gasteiger partial charge in [-0.25, -0.2) is 0 Å². The Morgan fingerprint density at radius 1 is 0.253 bits per heavy atom. The van der Waals surface area contributed by atoms with Crippen LogP contribution in [0.25, 0.3) is 0 Å². The number of unbranched alkanes of at least 4 members (excludes halogenated alkanes) is 38. The van der Waals surface area contributed by atoms with E-state index in [0.29, 0.717) is 19.3 Å².